The van der Waals surface area contributed by atoms with Crippen LogP contribution in [0.5, 0.6) is 0 Å². The van der Waals surface area contributed by atoms with E-state index in [2.05, 4.69) is 20.2 Å². The van der Waals surface area contributed by atoms with Crippen molar-refractivity contribution >= 4 is 17.3 Å². The van der Waals surface area contributed by atoms with E-state index in [0.29, 0.717) is 11.3 Å². The molecule has 2 aromatic rings. The van der Waals surface area contributed by atoms with Crippen molar-refractivity contribution < 1.29 is 4.39 Å². The number of piperazine rings is 1. The number of nitrogens with zero attached hydrogens (tertiary/aromatic N) is 3. The Labute approximate surface area is 121 Å². The molecule has 1 aromatic heterocycles. The number of benzene rings is 1. The molecule has 1 aliphatic heterocycles. The van der Waals surface area contributed by atoms with E-state index in [9.17, 15) is 4.39 Å². The van der Waals surface area contributed by atoms with Gasteiger partial charge in [-0.15, -0.1) is 0 Å². The zero-order valence-corrected chi connectivity index (χ0v) is 11.6. The van der Waals surface area contributed by atoms with Gasteiger partial charge in [0, 0.05) is 43.6 Å². The van der Waals surface area contributed by atoms with E-state index in [1.165, 1.54) is 6.07 Å². The van der Waals surface area contributed by atoms with Crippen LogP contribution in [0.1, 0.15) is 0 Å². The van der Waals surface area contributed by atoms with Crippen LogP contribution in [0.15, 0.2) is 30.5 Å². The summed E-state index contributed by atoms with van der Waals surface area (Å²) in [5.74, 6) is -0.272. The summed E-state index contributed by atoms with van der Waals surface area (Å²) in [6.45, 7) is 3.55. The lowest BCUT2D eigenvalue weighted by Crippen LogP contribution is -2.43. The molecule has 20 heavy (non-hydrogen) atoms. The van der Waals surface area contributed by atoms with Gasteiger partial charge >= 0.3 is 0 Å². The minimum atomic E-state index is -0.272. The van der Waals surface area contributed by atoms with Crippen molar-refractivity contribution in [2.75, 3.05) is 31.1 Å². The molecular weight excluding hydrogens is 279 g/mol. The first-order valence-corrected chi connectivity index (χ1v) is 6.85. The smallest absolute Gasteiger partial charge is 0.222 e. The number of anilines is 1. The van der Waals surface area contributed by atoms with Crippen molar-refractivity contribution in [1.29, 1.82) is 0 Å². The maximum absolute atomic E-state index is 13.9. The van der Waals surface area contributed by atoms with Gasteiger partial charge in [-0.2, -0.15) is 0 Å². The Morgan fingerprint density at radius 3 is 2.75 bits per heavy atom. The van der Waals surface area contributed by atoms with Gasteiger partial charge in [0.25, 0.3) is 0 Å². The summed E-state index contributed by atoms with van der Waals surface area (Å²) < 4.78 is 13.9. The molecule has 1 saturated heterocycles. The Morgan fingerprint density at radius 1 is 1.20 bits per heavy atom. The van der Waals surface area contributed by atoms with E-state index in [1.807, 2.05) is 6.07 Å². The van der Waals surface area contributed by atoms with Crippen molar-refractivity contribution in [3.05, 3.63) is 41.6 Å². The summed E-state index contributed by atoms with van der Waals surface area (Å²) in [7, 11) is 0. The predicted octanol–water partition coefficient (Wildman–Crippen LogP) is 2.35. The molecule has 0 atom stereocenters. The van der Waals surface area contributed by atoms with Crippen LogP contribution in [0, 0.1) is 5.82 Å². The van der Waals surface area contributed by atoms with E-state index < -0.39 is 0 Å². The molecule has 1 fully saturated rings. The van der Waals surface area contributed by atoms with Crippen LogP contribution in [-0.4, -0.2) is 36.1 Å². The molecule has 6 heteroatoms. The van der Waals surface area contributed by atoms with E-state index in [1.54, 1.807) is 18.3 Å². The molecule has 0 saturated carbocycles. The third-order valence-electron chi connectivity index (χ3n) is 3.29. The standard InChI is InChI=1S/C14H14ClFN4/c15-14-18-2-1-13(19-14)10-7-11(16)9-12(8-10)20-5-3-17-4-6-20/h1-2,7-9,17H,3-6H2. The molecule has 104 valence electrons. The third kappa shape index (κ3) is 2.89. The summed E-state index contributed by atoms with van der Waals surface area (Å²) in [6, 6.07) is 6.68. The summed E-state index contributed by atoms with van der Waals surface area (Å²) in [5, 5.41) is 3.44. The van der Waals surface area contributed by atoms with E-state index in [4.69, 9.17) is 11.6 Å². The van der Waals surface area contributed by atoms with Crippen LogP contribution in [0.4, 0.5) is 10.1 Å². The van der Waals surface area contributed by atoms with Crippen molar-refractivity contribution in [3.63, 3.8) is 0 Å². The fourth-order valence-electron chi connectivity index (χ4n) is 2.32. The Bertz CT molecular complexity index is 614. The second-order valence-corrected chi connectivity index (χ2v) is 4.98. The molecular formula is C14H14ClFN4. The lowest BCUT2D eigenvalue weighted by Gasteiger charge is -2.29. The van der Waals surface area contributed by atoms with Crippen LogP contribution in [0.3, 0.4) is 0 Å². The number of nitrogens with one attached hydrogen (secondary N) is 1. The lowest BCUT2D eigenvalue weighted by atomic mass is 10.1. The number of hydrogen-bond acceptors (Lipinski definition) is 4. The van der Waals surface area contributed by atoms with Gasteiger partial charge in [-0.25, -0.2) is 14.4 Å². The predicted molar refractivity (Wildman–Crippen MR) is 77.5 cm³/mol. The fraction of sp³-hybridized carbons (Fsp3) is 0.286. The Morgan fingerprint density at radius 2 is 2.00 bits per heavy atom. The second kappa shape index (κ2) is 5.73. The summed E-state index contributed by atoms with van der Waals surface area (Å²) in [4.78, 5) is 10.1. The molecule has 3 rings (SSSR count). The molecule has 2 heterocycles. The maximum Gasteiger partial charge on any atom is 0.222 e. The highest BCUT2D eigenvalue weighted by atomic mass is 35.5. The average molecular weight is 293 g/mol. The van der Waals surface area contributed by atoms with E-state index in [0.717, 1.165) is 31.9 Å². The van der Waals surface area contributed by atoms with E-state index >= 15 is 0 Å². The molecule has 0 unspecified atom stereocenters. The Balaban J connectivity index is 1.97. The summed E-state index contributed by atoms with van der Waals surface area (Å²) in [6.07, 6.45) is 1.57. The fourth-order valence-corrected chi connectivity index (χ4v) is 2.47. The molecule has 4 nitrogen and oxygen atoms in total. The van der Waals surface area contributed by atoms with Gasteiger partial charge in [0.1, 0.15) is 5.82 Å². The molecule has 0 spiro atoms. The van der Waals surface area contributed by atoms with Gasteiger partial charge in [0.2, 0.25) is 5.28 Å². The number of halogens is 2. The lowest BCUT2D eigenvalue weighted by molar-refractivity contribution is 0.585. The molecule has 0 bridgehead atoms. The highest BCUT2D eigenvalue weighted by Crippen LogP contribution is 2.26. The third-order valence-corrected chi connectivity index (χ3v) is 3.47. The minimum absolute atomic E-state index is 0.162. The van der Waals surface area contributed by atoms with Crippen LogP contribution in [0.25, 0.3) is 11.3 Å². The van der Waals surface area contributed by atoms with Gasteiger partial charge in [-0.1, -0.05) is 0 Å². The van der Waals surface area contributed by atoms with Gasteiger partial charge in [0.15, 0.2) is 0 Å². The van der Waals surface area contributed by atoms with Crippen molar-refractivity contribution in [2.24, 2.45) is 0 Å². The van der Waals surface area contributed by atoms with Gasteiger partial charge < -0.3 is 10.2 Å². The van der Waals surface area contributed by atoms with Crippen molar-refractivity contribution in [1.82, 2.24) is 15.3 Å². The number of aromatic nitrogens is 2. The van der Waals surface area contributed by atoms with Crippen LogP contribution in [0.2, 0.25) is 5.28 Å². The highest BCUT2D eigenvalue weighted by Gasteiger charge is 2.13. The van der Waals surface area contributed by atoms with Gasteiger partial charge in [-0.3, -0.25) is 0 Å². The number of rotatable bonds is 2. The Kier molecular flexibility index (Phi) is 3.80. The molecule has 0 amide bonds. The van der Waals surface area contributed by atoms with Crippen LogP contribution < -0.4 is 10.2 Å². The SMILES string of the molecule is Fc1cc(-c2ccnc(Cl)n2)cc(N2CCNCC2)c1. The van der Waals surface area contributed by atoms with Crippen molar-refractivity contribution in [2.45, 2.75) is 0 Å². The summed E-state index contributed by atoms with van der Waals surface area (Å²) >= 11 is 5.79. The molecule has 1 aliphatic rings. The maximum atomic E-state index is 13.9. The monoisotopic (exact) mass is 292 g/mol. The molecule has 0 aliphatic carbocycles. The second-order valence-electron chi connectivity index (χ2n) is 4.65. The van der Waals surface area contributed by atoms with Crippen LogP contribution in [-0.2, 0) is 0 Å². The normalized spacial score (nSPS) is 15.4. The first-order valence-electron chi connectivity index (χ1n) is 6.47. The minimum Gasteiger partial charge on any atom is -0.369 e. The van der Waals surface area contributed by atoms with Crippen molar-refractivity contribution in [3.8, 4) is 11.3 Å². The number of hydrogen-bond donors (Lipinski definition) is 1. The highest BCUT2D eigenvalue weighted by molar-refractivity contribution is 6.28. The first kappa shape index (κ1) is 13.3. The average Bonchev–Trinajstić information content (AvgIpc) is 2.47. The van der Waals surface area contributed by atoms with Gasteiger partial charge in [-0.05, 0) is 35.9 Å². The Hall–Kier alpha value is -1.72. The zero-order valence-electron chi connectivity index (χ0n) is 10.8. The summed E-state index contributed by atoms with van der Waals surface area (Å²) in [5.41, 5.74) is 2.21. The molecule has 1 aromatic carbocycles. The molecule has 0 radical (unpaired) electrons. The van der Waals surface area contributed by atoms with Crippen LogP contribution >= 0.6 is 11.6 Å². The molecule has 1 N–H and O–H groups in total. The zero-order chi connectivity index (χ0) is 13.9. The van der Waals surface area contributed by atoms with Gasteiger partial charge in [0.05, 0.1) is 5.69 Å². The quantitative estimate of drug-likeness (QED) is 0.863. The van der Waals surface area contributed by atoms with E-state index in [-0.39, 0.29) is 11.1 Å². The first-order chi connectivity index (χ1) is 9.72. The topological polar surface area (TPSA) is 41.1 Å². The largest absolute Gasteiger partial charge is 0.369 e.